The van der Waals surface area contributed by atoms with Gasteiger partial charge in [-0.25, -0.2) is 0 Å². The Morgan fingerprint density at radius 1 is 1.14 bits per heavy atom. The largest absolute Gasteiger partial charge is 0.339 e. The van der Waals surface area contributed by atoms with Gasteiger partial charge in [0.1, 0.15) is 6.17 Å². The fourth-order valence-corrected chi connectivity index (χ4v) is 2.94. The summed E-state index contributed by atoms with van der Waals surface area (Å²) in [6, 6.07) is 12.6. The van der Waals surface area contributed by atoms with Crippen LogP contribution in [0, 0.1) is 10.1 Å². The van der Waals surface area contributed by atoms with Gasteiger partial charge in [-0.3, -0.25) is 14.9 Å². The number of amides is 1. The van der Waals surface area contributed by atoms with Gasteiger partial charge in [-0.1, -0.05) is 59.9 Å². The van der Waals surface area contributed by atoms with E-state index in [9.17, 15) is 14.9 Å². The number of anilines is 1. The average Bonchev–Trinajstić information content (AvgIpc) is 2.67. The number of nitro benzene ring substituents is 1. The highest BCUT2D eigenvalue weighted by Gasteiger charge is 2.35. The van der Waals surface area contributed by atoms with Crippen LogP contribution in [0.25, 0.3) is 0 Å². The number of halogens is 3. The predicted octanol–water partition coefficient (Wildman–Crippen LogP) is 4.57. The molecule has 0 saturated heterocycles. The monoisotopic (exact) mass is 474 g/mol. The molecule has 0 aliphatic rings. The fraction of sp³-hybridized carbons (Fsp3) is 0.222. The van der Waals surface area contributed by atoms with Crippen LogP contribution in [-0.2, 0) is 6.42 Å². The molecule has 0 saturated carbocycles. The molecule has 2 aromatic carbocycles. The summed E-state index contributed by atoms with van der Waals surface area (Å²) in [5.74, 6) is -0.597. The topological polar surface area (TPSA) is 96.3 Å². The van der Waals surface area contributed by atoms with Crippen LogP contribution in [0.4, 0.5) is 11.4 Å². The number of alkyl halides is 3. The van der Waals surface area contributed by atoms with Gasteiger partial charge in [-0.2, -0.15) is 0 Å². The lowest BCUT2D eigenvalue weighted by Crippen LogP contribution is -2.56. The summed E-state index contributed by atoms with van der Waals surface area (Å²) in [6.45, 7) is 2.01. The number of carbonyl (C=O) groups is 1. The number of hydrogen-bond donors (Lipinski definition) is 3. The Bertz CT molecular complexity index is 904. The van der Waals surface area contributed by atoms with Crippen molar-refractivity contribution in [2.45, 2.75) is 23.3 Å². The van der Waals surface area contributed by atoms with Gasteiger partial charge in [-0.15, -0.1) is 0 Å². The first-order chi connectivity index (χ1) is 13.6. The van der Waals surface area contributed by atoms with Crippen LogP contribution in [0.2, 0.25) is 0 Å². The van der Waals surface area contributed by atoms with Crippen molar-refractivity contribution in [3.05, 3.63) is 69.8 Å². The van der Waals surface area contributed by atoms with Crippen LogP contribution in [0.1, 0.15) is 22.8 Å². The van der Waals surface area contributed by atoms with Crippen LogP contribution in [0.3, 0.4) is 0 Å². The number of nitro groups is 1. The van der Waals surface area contributed by atoms with E-state index in [0.29, 0.717) is 0 Å². The molecule has 0 spiro atoms. The molecule has 0 heterocycles. The van der Waals surface area contributed by atoms with Crippen LogP contribution in [-0.4, -0.2) is 25.9 Å². The highest BCUT2D eigenvalue weighted by atomic mass is 35.6. The smallest absolute Gasteiger partial charge is 0.269 e. The molecule has 0 fully saturated rings. The van der Waals surface area contributed by atoms with E-state index >= 15 is 0 Å². The Labute approximate surface area is 187 Å². The second-order valence-corrected chi connectivity index (χ2v) is 8.64. The van der Waals surface area contributed by atoms with Crippen LogP contribution in [0.15, 0.2) is 48.5 Å². The minimum absolute atomic E-state index is 0.141. The van der Waals surface area contributed by atoms with Gasteiger partial charge < -0.3 is 16.0 Å². The summed E-state index contributed by atoms with van der Waals surface area (Å²) in [5.41, 5.74) is 1.85. The van der Waals surface area contributed by atoms with Gasteiger partial charge >= 0.3 is 0 Å². The van der Waals surface area contributed by atoms with E-state index in [-0.39, 0.29) is 16.4 Å². The van der Waals surface area contributed by atoms with Crippen molar-refractivity contribution in [3.63, 3.8) is 0 Å². The molecule has 2 rings (SSSR count). The van der Waals surface area contributed by atoms with Crippen LogP contribution < -0.4 is 16.0 Å². The lowest BCUT2D eigenvalue weighted by atomic mass is 10.1. The average molecular weight is 476 g/mol. The predicted molar refractivity (Wildman–Crippen MR) is 120 cm³/mol. The van der Waals surface area contributed by atoms with Crippen molar-refractivity contribution in [1.82, 2.24) is 10.6 Å². The number of rotatable bonds is 6. The zero-order chi connectivity index (χ0) is 21.6. The molecule has 1 unspecified atom stereocenters. The third-order valence-corrected chi connectivity index (χ3v) is 4.74. The number of nitrogens with one attached hydrogen (secondary N) is 3. The fourth-order valence-electron chi connectivity index (χ4n) is 2.39. The summed E-state index contributed by atoms with van der Waals surface area (Å²) >= 11 is 23.2. The molecule has 0 radical (unpaired) electrons. The number of benzene rings is 2. The van der Waals surface area contributed by atoms with Crippen molar-refractivity contribution < 1.29 is 9.72 Å². The van der Waals surface area contributed by atoms with Crippen LogP contribution >= 0.6 is 47.0 Å². The zero-order valence-corrected chi connectivity index (χ0v) is 18.2. The van der Waals surface area contributed by atoms with Crippen molar-refractivity contribution in [2.75, 3.05) is 5.32 Å². The Kier molecular flexibility index (Phi) is 8.04. The second kappa shape index (κ2) is 10.1. The van der Waals surface area contributed by atoms with Gasteiger partial charge in [0.05, 0.1) is 4.92 Å². The minimum Gasteiger partial charge on any atom is -0.339 e. The Hall–Kier alpha value is -2.13. The standard InChI is InChI=1S/C18H17Cl3N4O3S/c1-2-11-5-3-4-6-14(11)22-17(29)24-16(18(19,20)21)23-15(26)12-7-9-13(10-8-12)25(27)28/h3-10,16H,2H2,1H3,(H,23,26)(H2,22,24,29). The summed E-state index contributed by atoms with van der Waals surface area (Å²) < 4.78 is -1.92. The molecule has 11 heteroatoms. The summed E-state index contributed by atoms with van der Waals surface area (Å²) in [5, 5.41) is 19.2. The number of carbonyl (C=O) groups excluding carboxylic acids is 1. The molecule has 29 heavy (non-hydrogen) atoms. The Balaban J connectivity index is 2.10. The van der Waals surface area contributed by atoms with Gasteiger partial charge in [0.25, 0.3) is 11.6 Å². The van der Waals surface area contributed by atoms with E-state index in [1.165, 1.54) is 24.3 Å². The number of non-ortho nitro benzene ring substituents is 1. The maximum atomic E-state index is 12.5. The van der Waals surface area contributed by atoms with Gasteiger partial charge in [-0.05, 0) is 42.4 Å². The first kappa shape index (κ1) is 23.2. The first-order valence-electron chi connectivity index (χ1n) is 8.39. The van der Waals surface area contributed by atoms with Gasteiger partial charge in [0.2, 0.25) is 3.79 Å². The molecule has 3 N–H and O–H groups in total. The van der Waals surface area contributed by atoms with Gasteiger partial charge in [0, 0.05) is 23.4 Å². The van der Waals surface area contributed by atoms with Crippen molar-refractivity contribution in [2.24, 2.45) is 0 Å². The third-order valence-electron chi connectivity index (χ3n) is 3.86. The highest BCUT2D eigenvalue weighted by molar-refractivity contribution is 7.80. The molecule has 1 amide bonds. The highest BCUT2D eigenvalue weighted by Crippen LogP contribution is 2.29. The maximum Gasteiger partial charge on any atom is 0.269 e. The van der Waals surface area contributed by atoms with Crippen molar-refractivity contribution >= 4 is 69.4 Å². The lowest BCUT2D eigenvalue weighted by molar-refractivity contribution is -0.384. The molecule has 0 aliphatic carbocycles. The zero-order valence-electron chi connectivity index (χ0n) is 15.1. The molecular formula is C18H17Cl3N4O3S. The SMILES string of the molecule is CCc1ccccc1NC(=S)NC(NC(=O)c1ccc([N+](=O)[O-])cc1)C(Cl)(Cl)Cl. The summed E-state index contributed by atoms with van der Waals surface area (Å²) in [7, 11) is 0. The lowest BCUT2D eigenvalue weighted by Gasteiger charge is -2.28. The molecule has 0 bridgehead atoms. The number of aryl methyl sites for hydroxylation is 1. The molecule has 154 valence electrons. The van der Waals surface area contributed by atoms with Crippen molar-refractivity contribution in [3.8, 4) is 0 Å². The first-order valence-corrected chi connectivity index (χ1v) is 9.93. The Morgan fingerprint density at radius 3 is 2.31 bits per heavy atom. The van der Waals surface area contributed by atoms with E-state index in [1.54, 1.807) is 0 Å². The van der Waals surface area contributed by atoms with E-state index in [0.717, 1.165) is 17.7 Å². The number of nitrogens with zero attached hydrogens (tertiary/aromatic N) is 1. The van der Waals surface area contributed by atoms with E-state index in [4.69, 9.17) is 47.0 Å². The minimum atomic E-state index is -1.92. The van der Waals surface area contributed by atoms with Crippen molar-refractivity contribution in [1.29, 1.82) is 0 Å². The molecular weight excluding hydrogens is 459 g/mol. The number of para-hydroxylation sites is 1. The molecule has 1 atom stereocenters. The van der Waals surface area contributed by atoms with E-state index in [2.05, 4.69) is 16.0 Å². The molecule has 7 nitrogen and oxygen atoms in total. The maximum absolute atomic E-state index is 12.5. The third kappa shape index (κ3) is 6.71. The molecule has 0 aliphatic heterocycles. The van der Waals surface area contributed by atoms with Crippen LogP contribution in [0.5, 0.6) is 0 Å². The normalized spacial score (nSPS) is 12.0. The summed E-state index contributed by atoms with van der Waals surface area (Å²) in [4.78, 5) is 22.6. The van der Waals surface area contributed by atoms with Gasteiger partial charge in [0.15, 0.2) is 5.11 Å². The quantitative estimate of drug-likeness (QED) is 0.186. The number of hydrogen-bond acceptors (Lipinski definition) is 4. The second-order valence-electron chi connectivity index (χ2n) is 5.86. The molecule has 0 aromatic heterocycles. The van der Waals surface area contributed by atoms with E-state index in [1.807, 2.05) is 31.2 Å². The molecule has 2 aromatic rings. The summed E-state index contributed by atoms with van der Waals surface area (Å²) in [6.07, 6.45) is -0.375. The number of thiocarbonyl (C=S) groups is 1. The Morgan fingerprint density at radius 2 is 1.76 bits per heavy atom. The van der Waals surface area contributed by atoms with E-state index < -0.39 is 20.8 Å².